The monoisotopic (exact) mass is 460 g/mol. The SMILES string of the molecule is COc1ccc(NC(=O)C[C@@H]2C(=O)N(c3ccc(OC)cc3)C(=O)N2Cc2cccnc2)cc1. The first-order valence-corrected chi connectivity index (χ1v) is 10.6. The zero-order chi connectivity index (χ0) is 24.1. The number of carbonyl (C=O) groups excluding carboxylic acids is 3. The number of aromatic nitrogens is 1. The second kappa shape index (κ2) is 10.0. The fraction of sp³-hybridized carbons (Fsp3) is 0.200. The summed E-state index contributed by atoms with van der Waals surface area (Å²) in [6, 6.07) is 15.6. The molecule has 0 bridgehead atoms. The number of nitrogens with zero attached hydrogens (tertiary/aromatic N) is 3. The van der Waals surface area contributed by atoms with Gasteiger partial charge in [-0.05, 0) is 60.2 Å². The van der Waals surface area contributed by atoms with Gasteiger partial charge in [-0.2, -0.15) is 0 Å². The normalized spacial score (nSPS) is 15.4. The Hall–Kier alpha value is -4.40. The molecule has 1 aliphatic heterocycles. The van der Waals surface area contributed by atoms with E-state index < -0.39 is 18.0 Å². The van der Waals surface area contributed by atoms with E-state index in [4.69, 9.17) is 9.47 Å². The summed E-state index contributed by atoms with van der Waals surface area (Å²) in [6.07, 6.45) is 3.07. The van der Waals surface area contributed by atoms with Crippen molar-refractivity contribution in [3.05, 3.63) is 78.6 Å². The van der Waals surface area contributed by atoms with E-state index >= 15 is 0 Å². The first kappa shape index (κ1) is 22.8. The number of imide groups is 1. The van der Waals surface area contributed by atoms with Crippen molar-refractivity contribution >= 4 is 29.2 Å². The molecular formula is C25H24N4O5. The Morgan fingerprint density at radius 1 is 0.971 bits per heavy atom. The van der Waals surface area contributed by atoms with Crippen LogP contribution in [-0.4, -0.2) is 48.0 Å². The zero-order valence-electron chi connectivity index (χ0n) is 18.8. The van der Waals surface area contributed by atoms with Crippen LogP contribution in [0.4, 0.5) is 16.2 Å². The molecule has 1 aromatic heterocycles. The Morgan fingerprint density at radius 2 is 1.62 bits per heavy atom. The molecule has 2 aromatic carbocycles. The van der Waals surface area contributed by atoms with Crippen molar-refractivity contribution in [2.75, 3.05) is 24.4 Å². The lowest BCUT2D eigenvalue weighted by atomic mass is 10.1. The molecule has 9 nitrogen and oxygen atoms in total. The molecule has 0 unspecified atom stereocenters. The first-order chi connectivity index (χ1) is 16.5. The van der Waals surface area contributed by atoms with Crippen molar-refractivity contribution in [1.29, 1.82) is 0 Å². The highest BCUT2D eigenvalue weighted by molar-refractivity contribution is 6.22. The van der Waals surface area contributed by atoms with Gasteiger partial charge in [-0.1, -0.05) is 6.07 Å². The Labute approximate surface area is 196 Å². The van der Waals surface area contributed by atoms with Crippen LogP contribution < -0.4 is 19.7 Å². The Balaban J connectivity index is 1.57. The van der Waals surface area contributed by atoms with Crippen molar-refractivity contribution in [2.24, 2.45) is 0 Å². The maximum atomic E-state index is 13.4. The van der Waals surface area contributed by atoms with Gasteiger partial charge in [0.1, 0.15) is 17.5 Å². The smallest absolute Gasteiger partial charge is 0.332 e. The second-order valence-corrected chi connectivity index (χ2v) is 7.64. The number of ether oxygens (including phenoxy) is 2. The van der Waals surface area contributed by atoms with E-state index in [1.807, 2.05) is 6.07 Å². The quantitative estimate of drug-likeness (QED) is 0.517. The molecule has 0 radical (unpaired) electrons. The van der Waals surface area contributed by atoms with Crippen LogP contribution in [0.15, 0.2) is 73.1 Å². The predicted molar refractivity (Wildman–Crippen MR) is 126 cm³/mol. The van der Waals surface area contributed by atoms with Crippen LogP contribution in [0.5, 0.6) is 11.5 Å². The lowest BCUT2D eigenvalue weighted by Crippen LogP contribution is -2.37. The average Bonchev–Trinajstić information content (AvgIpc) is 3.09. The fourth-order valence-electron chi connectivity index (χ4n) is 3.73. The molecule has 2 heterocycles. The Morgan fingerprint density at radius 3 is 2.21 bits per heavy atom. The van der Waals surface area contributed by atoms with Crippen molar-refractivity contribution in [3.8, 4) is 11.5 Å². The van der Waals surface area contributed by atoms with Gasteiger partial charge in [0.05, 0.1) is 26.3 Å². The van der Waals surface area contributed by atoms with Crippen LogP contribution in [-0.2, 0) is 16.1 Å². The minimum absolute atomic E-state index is 0.144. The molecule has 1 N–H and O–H groups in total. The Kier molecular flexibility index (Phi) is 6.72. The number of methoxy groups -OCH3 is 2. The van der Waals surface area contributed by atoms with Gasteiger partial charge in [0, 0.05) is 24.6 Å². The van der Waals surface area contributed by atoms with Gasteiger partial charge in [-0.25, -0.2) is 9.69 Å². The van der Waals surface area contributed by atoms with Gasteiger partial charge >= 0.3 is 6.03 Å². The molecular weight excluding hydrogens is 436 g/mol. The van der Waals surface area contributed by atoms with Crippen molar-refractivity contribution < 1.29 is 23.9 Å². The van der Waals surface area contributed by atoms with E-state index in [-0.39, 0.29) is 18.9 Å². The topological polar surface area (TPSA) is 101 Å². The predicted octanol–water partition coefficient (Wildman–Crippen LogP) is 3.47. The Bertz CT molecular complexity index is 1170. The van der Waals surface area contributed by atoms with Gasteiger partial charge < -0.3 is 19.7 Å². The molecule has 1 fully saturated rings. The summed E-state index contributed by atoms with van der Waals surface area (Å²) in [4.78, 5) is 46.1. The maximum absolute atomic E-state index is 13.4. The van der Waals surface area contributed by atoms with E-state index in [0.717, 1.165) is 10.5 Å². The molecule has 0 saturated carbocycles. The number of urea groups is 1. The van der Waals surface area contributed by atoms with Crippen LogP contribution in [0.1, 0.15) is 12.0 Å². The number of benzene rings is 2. The van der Waals surface area contributed by atoms with Crippen LogP contribution in [0.3, 0.4) is 0 Å². The number of amides is 4. The summed E-state index contributed by atoms with van der Waals surface area (Å²) < 4.78 is 10.3. The fourth-order valence-corrected chi connectivity index (χ4v) is 3.73. The molecule has 1 saturated heterocycles. The van der Waals surface area contributed by atoms with Crippen LogP contribution in [0.2, 0.25) is 0 Å². The third-order valence-corrected chi connectivity index (χ3v) is 5.48. The zero-order valence-corrected chi connectivity index (χ0v) is 18.8. The summed E-state index contributed by atoms with van der Waals surface area (Å²) in [5.41, 5.74) is 1.72. The molecule has 34 heavy (non-hydrogen) atoms. The maximum Gasteiger partial charge on any atom is 0.332 e. The highest BCUT2D eigenvalue weighted by Crippen LogP contribution is 2.30. The molecule has 9 heteroatoms. The summed E-state index contributed by atoms with van der Waals surface area (Å²) in [5, 5.41) is 2.78. The highest BCUT2D eigenvalue weighted by atomic mass is 16.5. The molecule has 4 amide bonds. The number of rotatable bonds is 8. The summed E-state index contributed by atoms with van der Waals surface area (Å²) in [5.74, 6) is 0.408. The lowest BCUT2D eigenvalue weighted by molar-refractivity contribution is -0.124. The minimum Gasteiger partial charge on any atom is -0.497 e. The van der Waals surface area contributed by atoms with Crippen LogP contribution >= 0.6 is 0 Å². The molecule has 4 rings (SSSR count). The van der Waals surface area contributed by atoms with Gasteiger partial charge in [-0.15, -0.1) is 0 Å². The minimum atomic E-state index is -0.965. The van der Waals surface area contributed by atoms with E-state index in [0.29, 0.717) is 22.9 Å². The van der Waals surface area contributed by atoms with E-state index in [1.165, 1.54) is 12.0 Å². The first-order valence-electron chi connectivity index (χ1n) is 10.6. The third kappa shape index (κ3) is 4.83. The molecule has 3 aromatic rings. The lowest BCUT2D eigenvalue weighted by Gasteiger charge is -2.21. The van der Waals surface area contributed by atoms with Crippen molar-refractivity contribution in [1.82, 2.24) is 9.88 Å². The summed E-state index contributed by atoms with van der Waals surface area (Å²) >= 11 is 0. The van der Waals surface area contributed by atoms with E-state index in [2.05, 4.69) is 10.3 Å². The van der Waals surface area contributed by atoms with Gasteiger partial charge in [0.25, 0.3) is 5.91 Å². The number of carbonyl (C=O) groups is 3. The second-order valence-electron chi connectivity index (χ2n) is 7.64. The molecule has 1 atom stereocenters. The van der Waals surface area contributed by atoms with Gasteiger partial charge in [-0.3, -0.25) is 14.6 Å². The number of hydrogen-bond donors (Lipinski definition) is 1. The van der Waals surface area contributed by atoms with E-state index in [1.54, 1.807) is 74.1 Å². The molecule has 174 valence electrons. The molecule has 1 aliphatic rings. The third-order valence-electron chi connectivity index (χ3n) is 5.48. The standard InChI is InChI=1S/C25H24N4O5/c1-33-20-9-5-18(6-10-20)27-23(30)14-22-24(31)29(19-7-11-21(34-2)12-8-19)25(32)28(22)16-17-4-3-13-26-15-17/h3-13,15,22H,14,16H2,1-2H3,(H,27,30)/t22-/m1/s1. The van der Waals surface area contributed by atoms with E-state index in [9.17, 15) is 14.4 Å². The average molecular weight is 460 g/mol. The number of anilines is 2. The number of hydrogen-bond acceptors (Lipinski definition) is 6. The van der Waals surface area contributed by atoms with Crippen molar-refractivity contribution in [2.45, 2.75) is 19.0 Å². The van der Waals surface area contributed by atoms with Crippen LogP contribution in [0, 0.1) is 0 Å². The van der Waals surface area contributed by atoms with Gasteiger partial charge in [0.2, 0.25) is 5.91 Å². The number of pyridine rings is 1. The largest absolute Gasteiger partial charge is 0.497 e. The summed E-state index contributed by atoms with van der Waals surface area (Å²) in [6.45, 7) is 0.144. The van der Waals surface area contributed by atoms with Crippen molar-refractivity contribution in [3.63, 3.8) is 0 Å². The molecule has 0 spiro atoms. The van der Waals surface area contributed by atoms with Crippen LogP contribution in [0.25, 0.3) is 0 Å². The molecule has 0 aliphatic carbocycles. The number of nitrogens with one attached hydrogen (secondary N) is 1. The summed E-state index contributed by atoms with van der Waals surface area (Å²) in [7, 11) is 3.09. The highest BCUT2D eigenvalue weighted by Gasteiger charge is 2.46. The van der Waals surface area contributed by atoms with Gasteiger partial charge in [0.15, 0.2) is 0 Å².